The van der Waals surface area contributed by atoms with E-state index < -0.39 is 5.72 Å². The number of rotatable bonds is 0. The van der Waals surface area contributed by atoms with Gasteiger partial charge in [-0.15, -0.1) is 0 Å². The average molecular weight is 183 g/mol. The Labute approximate surface area is 81.0 Å². The summed E-state index contributed by atoms with van der Waals surface area (Å²) < 4.78 is 5.49. The maximum atomic E-state index is 5.95. The van der Waals surface area contributed by atoms with Crippen LogP contribution in [0.5, 0.6) is 0 Å². The topological polar surface area (TPSA) is 38.5 Å². The van der Waals surface area contributed by atoms with Crippen LogP contribution in [0.25, 0.3) is 11.1 Å². The van der Waals surface area contributed by atoms with E-state index in [0.717, 1.165) is 0 Å². The van der Waals surface area contributed by atoms with E-state index in [4.69, 9.17) is 10.5 Å². The molecule has 4 rings (SSSR count). The van der Waals surface area contributed by atoms with Crippen molar-refractivity contribution in [3.63, 3.8) is 0 Å². The number of nitrogens with two attached hydrogens (primary N) is 1. The van der Waals surface area contributed by atoms with Gasteiger partial charge < -0.3 is 4.74 Å². The first-order valence-corrected chi connectivity index (χ1v) is 4.79. The monoisotopic (exact) mass is 183 g/mol. The minimum absolute atomic E-state index is 0.109. The number of allylic oxidation sites excluding steroid dienone is 1. The summed E-state index contributed by atoms with van der Waals surface area (Å²) in [5, 5.41) is 2.64. The normalized spacial score (nSPS) is 35.6. The highest BCUT2D eigenvalue weighted by molar-refractivity contribution is 6.03. The molecule has 1 aliphatic heterocycles. The third-order valence-electron chi connectivity index (χ3n) is 3.24. The standard InChI is InChI=1S/C12H9NO/c13-12-6-5-9-7-3-1-2-4-8(7)10(9)11(12)14-12/h1-6,11H,13H2. The fraction of sp³-hybridized carbons (Fsp3) is 0.167. The van der Waals surface area contributed by atoms with Crippen molar-refractivity contribution in [2.75, 3.05) is 0 Å². The lowest BCUT2D eigenvalue weighted by atomic mass is 9.82. The molecule has 1 saturated heterocycles. The van der Waals surface area contributed by atoms with Gasteiger partial charge in [-0.3, -0.25) is 5.73 Å². The Morgan fingerprint density at radius 3 is 2.86 bits per heavy atom. The average Bonchev–Trinajstić information content (AvgIpc) is 2.82. The number of hydrogen-bond acceptors (Lipinski definition) is 2. The molecule has 0 saturated carbocycles. The third-order valence-corrected chi connectivity index (χ3v) is 3.24. The van der Waals surface area contributed by atoms with Gasteiger partial charge in [-0.05, 0) is 22.1 Å². The molecule has 0 spiro atoms. The maximum Gasteiger partial charge on any atom is 0.168 e. The van der Waals surface area contributed by atoms with Crippen molar-refractivity contribution in [2.24, 2.45) is 5.73 Å². The second-order valence-electron chi connectivity index (χ2n) is 4.06. The van der Waals surface area contributed by atoms with Crippen molar-refractivity contribution < 1.29 is 4.74 Å². The lowest BCUT2D eigenvalue weighted by molar-refractivity contribution is 0.349. The van der Waals surface area contributed by atoms with Gasteiger partial charge in [0.25, 0.3) is 0 Å². The van der Waals surface area contributed by atoms with Gasteiger partial charge in [0.1, 0.15) is 6.10 Å². The molecule has 1 aromatic rings. The van der Waals surface area contributed by atoms with E-state index in [2.05, 4.69) is 30.3 Å². The third kappa shape index (κ3) is 0.596. The largest absolute Gasteiger partial charge is 0.341 e. The summed E-state index contributed by atoms with van der Waals surface area (Å²) in [6.07, 6.45) is 4.16. The van der Waals surface area contributed by atoms with E-state index in [1.54, 1.807) is 0 Å². The zero-order chi connectivity index (χ0) is 9.34. The smallest absolute Gasteiger partial charge is 0.168 e. The fourth-order valence-corrected chi connectivity index (χ4v) is 2.44. The molecule has 2 unspecified atom stereocenters. The molecule has 0 amide bonds. The molecule has 2 heteroatoms. The van der Waals surface area contributed by atoms with E-state index in [-0.39, 0.29) is 6.10 Å². The number of fused-ring (bicyclic) bond motifs is 4. The summed E-state index contributed by atoms with van der Waals surface area (Å²) in [7, 11) is 0. The number of epoxide rings is 1. The summed E-state index contributed by atoms with van der Waals surface area (Å²) in [6, 6.07) is 8.40. The lowest BCUT2D eigenvalue weighted by Crippen LogP contribution is -2.43. The second kappa shape index (κ2) is 1.85. The van der Waals surface area contributed by atoms with Gasteiger partial charge in [0, 0.05) is 5.57 Å². The first-order chi connectivity index (χ1) is 6.80. The van der Waals surface area contributed by atoms with Crippen molar-refractivity contribution in [3.8, 4) is 0 Å². The quantitative estimate of drug-likeness (QED) is 0.557. The van der Waals surface area contributed by atoms with Crippen LogP contribution in [-0.2, 0) is 4.74 Å². The number of ether oxygens (including phenoxy) is 1. The molecule has 0 bridgehead atoms. The zero-order valence-electron chi connectivity index (χ0n) is 7.53. The predicted molar refractivity (Wildman–Crippen MR) is 53.4 cm³/mol. The Hall–Kier alpha value is -1.38. The molecule has 3 aliphatic rings. The van der Waals surface area contributed by atoms with Crippen LogP contribution in [0.15, 0.2) is 36.4 Å². The minimum Gasteiger partial charge on any atom is -0.341 e. The maximum absolute atomic E-state index is 5.95. The highest BCUT2D eigenvalue weighted by Crippen LogP contribution is 2.46. The SMILES string of the molecule is NC12C=CC3=c4ccccc4=C3C1O2. The molecule has 1 fully saturated rings. The van der Waals surface area contributed by atoms with E-state index in [0.29, 0.717) is 0 Å². The summed E-state index contributed by atoms with van der Waals surface area (Å²) in [4.78, 5) is 0. The van der Waals surface area contributed by atoms with E-state index in [1.165, 1.54) is 21.6 Å². The number of benzene rings is 1. The lowest BCUT2D eigenvalue weighted by Gasteiger charge is -2.20. The van der Waals surface area contributed by atoms with Crippen LogP contribution in [0, 0.1) is 0 Å². The van der Waals surface area contributed by atoms with Gasteiger partial charge in [-0.1, -0.05) is 30.3 Å². The van der Waals surface area contributed by atoms with Crippen LogP contribution >= 0.6 is 0 Å². The van der Waals surface area contributed by atoms with E-state index >= 15 is 0 Å². The Morgan fingerprint density at radius 1 is 1.21 bits per heavy atom. The van der Waals surface area contributed by atoms with Crippen LogP contribution in [0.2, 0.25) is 0 Å². The zero-order valence-corrected chi connectivity index (χ0v) is 7.53. The van der Waals surface area contributed by atoms with E-state index in [1.807, 2.05) is 6.08 Å². The molecule has 0 aromatic heterocycles. The van der Waals surface area contributed by atoms with Crippen LogP contribution in [0.3, 0.4) is 0 Å². The molecule has 2 atom stereocenters. The number of hydrogen-bond donors (Lipinski definition) is 1. The van der Waals surface area contributed by atoms with Crippen LogP contribution < -0.4 is 16.2 Å². The van der Waals surface area contributed by atoms with Gasteiger partial charge in [0.15, 0.2) is 5.72 Å². The van der Waals surface area contributed by atoms with Crippen LogP contribution in [0.4, 0.5) is 0 Å². The highest BCUT2D eigenvalue weighted by Gasteiger charge is 2.57. The van der Waals surface area contributed by atoms with Gasteiger partial charge in [-0.25, -0.2) is 0 Å². The van der Waals surface area contributed by atoms with E-state index in [9.17, 15) is 0 Å². The molecule has 14 heavy (non-hydrogen) atoms. The first kappa shape index (κ1) is 6.98. The van der Waals surface area contributed by atoms with Crippen molar-refractivity contribution >= 4 is 11.1 Å². The minimum atomic E-state index is -0.494. The van der Waals surface area contributed by atoms with Crippen LogP contribution in [0.1, 0.15) is 0 Å². The summed E-state index contributed by atoms with van der Waals surface area (Å²) in [5.41, 5.74) is 8.06. The van der Waals surface area contributed by atoms with Crippen molar-refractivity contribution in [1.29, 1.82) is 0 Å². The molecular weight excluding hydrogens is 174 g/mol. The van der Waals surface area contributed by atoms with Gasteiger partial charge in [0.05, 0.1) is 0 Å². The van der Waals surface area contributed by atoms with Gasteiger partial charge in [0.2, 0.25) is 0 Å². The molecule has 68 valence electrons. The van der Waals surface area contributed by atoms with Crippen molar-refractivity contribution in [2.45, 2.75) is 11.8 Å². The summed E-state index contributed by atoms with van der Waals surface area (Å²) in [6.45, 7) is 0. The molecule has 1 aromatic carbocycles. The first-order valence-electron chi connectivity index (χ1n) is 4.79. The molecular formula is C12H9NO. The fourth-order valence-electron chi connectivity index (χ4n) is 2.44. The highest BCUT2D eigenvalue weighted by atomic mass is 16.6. The van der Waals surface area contributed by atoms with Crippen molar-refractivity contribution in [3.05, 3.63) is 46.9 Å². The van der Waals surface area contributed by atoms with Gasteiger partial charge in [-0.2, -0.15) is 0 Å². The van der Waals surface area contributed by atoms with Crippen molar-refractivity contribution in [1.82, 2.24) is 0 Å². The molecule has 2 aliphatic carbocycles. The van der Waals surface area contributed by atoms with Crippen LogP contribution in [-0.4, -0.2) is 11.8 Å². The van der Waals surface area contributed by atoms with Gasteiger partial charge >= 0.3 is 0 Å². The molecule has 1 heterocycles. The molecule has 2 N–H and O–H groups in total. The predicted octanol–water partition coefficient (Wildman–Crippen LogP) is -0.375. The Balaban J connectivity index is 2.12. The molecule has 0 radical (unpaired) electrons. The summed E-state index contributed by atoms with van der Waals surface area (Å²) >= 11 is 0. The molecule has 2 nitrogen and oxygen atoms in total. The Bertz CT molecular complexity index is 599. The second-order valence-corrected chi connectivity index (χ2v) is 4.06. The summed E-state index contributed by atoms with van der Waals surface area (Å²) in [5.74, 6) is 0. The Kier molecular flexibility index (Phi) is 0.923. The Morgan fingerprint density at radius 2 is 2.00 bits per heavy atom.